The van der Waals surface area contributed by atoms with Gasteiger partial charge in [-0.2, -0.15) is 0 Å². The number of hydrogen-bond donors (Lipinski definition) is 1. The Morgan fingerprint density at radius 2 is 1.95 bits per heavy atom. The highest BCUT2D eigenvalue weighted by Crippen LogP contribution is 2.24. The van der Waals surface area contributed by atoms with Gasteiger partial charge in [0.05, 0.1) is 18.2 Å². The number of alkyl halides is 1. The molecule has 0 atom stereocenters. The standard InChI is InChI=1S/C14H17ClN2O3/c1-4-20-14(19)13(11(18)8-15)17-16-12-9(2)6-5-7-10(12)3/h5-7,18H,4,8H2,1-3H3/b13-11-,17-16?. The predicted molar refractivity (Wildman–Crippen MR) is 77.4 cm³/mol. The molecule has 0 spiro atoms. The van der Waals surface area contributed by atoms with Crippen LogP contribution in [-0.4, -0.2) is 23.6 Å². The van der Waals surface area contributed by atoms with Crippen LogP contribution in [0.1, 0.15) is 18.1 Å². The Hall–Kier alpha value is -1.88. The van der Waals surface area contributed by atoms with Gasteiger partial charge in [0.15, 0.2) is 0 Å². The summed E-state index contributed by atoms with van der Waals surface area (Å²) in [5.41, 5.74) is 2.21. The van der Waals surface area contributed by atoms with Crippen LogP contribution in [0.15, 0.2) is 39.9 Å². The number of azo groups is 1. The van der Waals surface area contributed by atoms with Gasteiger partial charge in [0.1, 0.15) is 5.76 Å². The van der Waals surface area contributed by atoms with Crippen molar-refractivity contribution in [3.05, 3.63) is 40.8 Å². The highest BCUT2D eigenvalue weighted by Gasteiger charge is 2.16. The molecule has 0 aromatic heterocycles. The van der Waals surface area contributed by atoms with Crippen LogP contribution in [0.3, 0.4) is 0 Å². The van der Waals surface area contributed by atoms with Gasteiger partial charge in [-0.15, -0.1) is 21.8 Å². The van der Waals surface area contributed by atoms with Crippen molar-refractivity contribution in [3.8, 4) is 0 Å². The number of carbonyl (C=O) groups is 1. The van der Waals surface area contributed by atoms with Crippen molar-refractivity contribution in [3.63, 3.8) is 0 Å². The van der Waals surface area contributed by atoms with E-state index >= 15 is 0 Å². The number of aryl methyl sites for hydroxylation is 2. The molecule has 0 bridgehead atoms. The maximum atomic E-state index is 11.7. The summed E-state index contributed by atoms with van der Waals surface area (Å²) in [4.78, 5) is 11.7. The first-order valence-electron chi connectivity index (χ1n) is 6.14. The van der Waals surface area contributed by atoms with Crippen molar-refractivity contribution in [1.82, 2.24) is 0 Å². The van der Waals surface area contributed by atoms with Crippen LogP contribution < -0.4 is 0 Å². The van der Waals surface area contributed by atoms with E-state index in [1.807, 2.05) is 32.0 Å². The first-order chi connectivity index (χ1) is 9.51. The van der Waals surface area contributed by atoms with E-state index in [-0.39, 0.29) is 23.9 Å². The summed E-state index contributed by atoms with van der Waals surface area (Å²) in [6.07, 6.45) is 0. The van der Waals surface area contributed by atoms with E-state index in [4.69, 9.17) is 16.3 Å². The van der Waals surface area contributed by atoms with Gasteiger partial charge in [0.25, 0.3) is 0 Å². The van der Waals surface area contributed by atoms with Gasteiger partial charge in [-0.25, -0.2) is 4.79 Å². The first kappa shape index (κ1) is 16.2. The number of hydrogen-bond acceptors (Lipinski definition) is 5. The Morgan fingerprint density at radius 3 is 2.45 bits per heavy atom. The second kappa shape index (κ2) is 7.65. The minimum atomic E-state index is -0.749. The summed E-state index contributed by atoms with van der Waals surface area (Å²) in [5, 5.41) is 17.5. The molecular formula is C14H17ClN2O3. The van der Waals surface area contributed by atoms with E-state index in [9.17, 15) is 9.90 Å². The molecule has 0 aliphatic heterocycles. The molecule has 0 unspecified atom stereocenters. The molecule has 0 aliphatic rings. The van der Waals surface area contributed by atoms with Crippen LogP contribution in [0.25, 0.3) is 0 Å². The zero-order valence-corrected chi connectivity index (χ0v) is 12.4. The maximum absolute atomic E-state index is 11.7. The molecule has 1 N–H and O–H groups in total. The Balaban J connectivity index is 3.14. The van der Waals surface area contributed by atoms with Crippen molar-refractivity contribution in [2.45, 2.75) is 20.8 Å². The molecule has 0 radical (unpaired) electrons. The van der Waals surface area contributed by atoms with E-state index in [1.54, 1.807) is 6.92 Å². The highest BCUT2D eigenvalue weighted by molar-refractivity contribution is 6.19. The lowest BCUT2D eigenvalue weighted by atomic mass is 10.1. The number of rotatable bonds is 5. The van der Waals surface area contributed by atoms with Crippen molar-refractivity contribution in [1.29, 1.82) is 0 Å². The van der Waals surface area contributed by atoms with Crippen LogP contribution in [0.2, 0.25) is 0 Å². The largest absolute Gasteiger partial charge is 0.508 e. The molecule has 6 heteroatoms. The third kappa shape index (κ3) is 4.06. The van der Waals surface area contributed by atoms with Gasteiger partial charge in [-0.05, 0) is 31.9 Å². The quantitative estimate of drug-likeness (QED) is 0.294. The maximum Gasteiger partial charge on any atom is 0.362 e. The molecule has 0 fully saturated rings. The lowest BCUT2D eigenvalue weighted by Crippen LogP contribution is -2.09. The second-order valence-corrected chi connectivity index (χ2v) is 4.36. The zero-order chi connectivity index (χ0) is 15.1. The minimum Gasteiger partial charge on any atom is -0.508 e. The van der Waals surface area contributed by atoms with E-state index in [0.717, 1.165) is 11.1 Å². The molecular weight excluding hydrogens is 280 g/mol. The Bertz CT molecular complexity index is 533. The first-order valence-corrected chi connectivity index (χ1v) is 6.67. The summed E-state index contributed by atoms with van der Waals surface area (Å²) in [6, 6.07) is 5.68. The van der Waals surface area contributed by atoms with Gasteiger partial charge in [-0.3, -0.25) is 0 Å². The number of aliphatic hydroxyl groups is 1. The second-order valence-electron chi connectivity index (χ2n) is 4.09. The molecule has 20 heavy (non-hydrogen) atoms. The van der Waals surface area contributed by atoms with Crippen molar-refractivity contribution in [2.24, 2.45) is 10.2 Å². The van der Waals surface area contributed by atoms with Crippen LogP contribution in [0.4, 0.5) is 5.69 Å². The number of esters is 1. The third-order valence-electron chi connectivity index (χ3n) is 2.56. The number of benzene rings is 1. The van der Waals surface area contributed by atoms with Gasteiger partial charge < -0.3 is 9.84 Å². The molecule has 0 aliphatic carbocycles. The number of allylic oxidation sites excluding steroid dienone is 1. The van der Waals surface area contributed by atoms with E-state index < -0.39 is 5.97 Å². The number of aliphatic hydroxyl groups excluding tert-OH is 1. The zero-order valence-electron chi connectivity index (χ0n) is 11.7. The molecule has 5 nitrogen and oxygen atoms in total. The summed E-state index contributed by atoms with van der Waals surface area (Å²) in [5.74, 6) is -1.35. The van der Waals surface area contributed by atoms with Crippen LogP contribution >= 0.6 is 11.6 Å². The van der Waals surface area contributed by atoms with Gasteiger partial charge >= 0.3 is 5.97 Å². The molecule has 1 aromatic carbocycles. The lowest BCUT2D eigenvalue weighted by Gasteiger charge is -2.05. The molecule has 0 saturated carbocycles. The summed E-state index contributed by atoms with van der Waals surface area (Å²) in [7, 11) is 0. The van der Waals surface area contributed by atoms with Crippen LogP contribution in [-0.2, 0) is 9.53 Å². The molecule has 1 rings (SSSR count). The number of ether oxygens (including phenoxy) is 1. The van der Waals surface area contributed by atoms with Gasteiger partial charge in [-0.1, -0.05) is 18.2 Å². The SMILES string of the molecule is CCOC(=O)/C(N=Nc1c(C)cccc1C)=C(/O)CCl. The molecule has 0 saturated heterocycles. The number of halogens is 1. The monoisotopic (exact) mass is 296 g/mol. The summed E-state index contributed by atoms with van der Waals surface area (Å²) in [6.45, 7) is 5.61. The van der Waals surface area contributed by atoms with Crippen molar-refractivity contribution in [2.75, 3.05) is 12.5 Å². The fourth-order valence-corrected chi connectivity index (χ4v) is 1.67. The van der Waals surface area contributed by atoms with E-state index in [0.29, 0.717) is 5.69 Å². The fraction of sp³-hybridized carbons (Fsp3) is 0.357. The van der Waals surface area contributed by atoms with Crippen LogP contribution in [0, 0.1) is 13.8 Å². The summed E-state index contributed by atoms with van der Waals surface area (Å²) < 4.78 is 4.81. The molecule has 0 heterocycles. The highest BCUT2D eigenvalue weighted by atomic mass is 35.5. The van der Waals surface area contributed by atoms with E-state index in [2.05, 4.69) is 10.2 Å². The number of carbonyl (C=O) groups excluding carboxylic acids is 1. The smallest absolute Gasteiger partial charge is 0.362 e. The molecule has 108 valence electrons. The minimum absolute atomic E-state index is 0.177. The van der Waals surface area contributed by atoms with Gasteiger partial charge in [0.2, 0.25) is 5.70 Å². The van der Waals surface area contributed by atoms with Crippen molar-refractivity contribution >= 4 is 23.3 Å². The van der Waals surface area contributed by atoms with Gasteiger partial charge in [0, 0.05) is 0 Å². The average Bonchev–Trinajstić information content (AvgIpc) is 2.41. The molecule has 1 aromatic rings. The normalized spacial score (nSPS) is 12.4. The Morgan fingerprint density at radius 1 is 1.35 bits per heavy atom. The summed E-state index contributed by atoms with van der Waals surface area (Å²) >= 11 is 5.52. The molecule has 0 amide bonds. The predicted octanol–water partition coefficient (Wildman–Crippen LogP) is 3.96. The van der Waals surface area contributed by atoms with E-state index in [1.165, 1.54) is 0 Å². The topological polar surface area (TPSA) is 71.2 Å². The average molecular weight is 297 g/mol. The number of nitrogens with zero attached hydrogens (tertiary/aromatic N) is 2. The fourth-order valence-electron chi connectivity index (χ4n) is 1.54. The Labute approximate surface area is 122 Å². The Kier molecular flexibility index (Phi) is 6.18. The lowest BCUT2D eigenvalue weighted by molar-refractivity contribution is -0.138. The van der Waals surface area contributed by atoms with Crippen molar-refractivity contribution < 1.29 is 14.6 Å². The third-order valence-corrected chi connectivity index (χ3v) is 2.81. The van der Waals surface area contributed by atoms with Crippen LogP contribution in [0.5, 0.6) is 0 Å².